The average Bonchev–Trinajstić information content (AvgIpc) is 3.32. The Balaban J connectivity index is 1.34. The molecule has 1 aromatic heterocycles. The fourth-order valence-electron chi connectivity index (χ4n) is 5.13. The first-order chi connectivity index (χ1) is 12.4. The van der Waals surface area contributed by atoms with Gasteiger partial charge in [-0.2, -0.15) is 0 Å². The van der Waals surface area contributed by atoms with Gasteiger partial charge in [0.15, 0.2) is 0 Å². The summed E-state index contributed by atoms with van der Waals surface area (Å²) in [5.74, 6) is 1.79. The Morgan fingerprint density at radius 2 is 2.38 bits per heavy atom. The van der Waals surface area contributed by atoms with Crippen molar-refractivity contribution in [3.05, 3.63) is 16.1 Å². The van der Waals surface area contributed by atoms with Gasteiger partial charge in [0.1, 0.15) is 0 Å². The average molecular weight is 378 g/mol. The zero-order valence-electron chi connectivity index (χ0n) is 16.2. The number of hydrogen-bond donors (Lipinski definition) is 1. The van der Waals surface area contributed by atoms with Gasteiger partial charge in [-0.05, 0) is 32.1 Å². The van der Waals surface area contributed by atoms with E-state index in [1.54, 1.807) is 11.3 Å². The molecule has 3 aliphatic rings. The molecule has 6 heteroatoms. The van der Waals surface area contributed by atoms with Gasteiger partial charge in [0.05, 0.1) is 22.4 Å². The lowest BCUT2D eigenvalue weighted by Crippen LogP contribution is -2.41. The third-order valence-electron chi connectivity index (χ3n) is 6.39. The van der Waals surface area contributed by atoms with Gasteiger partial charge < -0.3 is 10.1 Å². The first-order valence-electron chi connectivity index (χ1n) is 10.0. The van der Waals surface area contributed by atoms with E-state index in [2.05, 4.69) is 41.4 Å². The number of carbonyl (C=O) groups is 1. The van der Waals surface area contributed by atoms with Crippen LogP contribution in [0.2, 0.25) is 0 Å². The lowest BCUT2D eigenvalue weighted by Gasteiger charge is -2.29. The maximum absolute atomic E-state index is 12.1. The molecule has 144 valence electrons. The monoisotopic (exact) mass is 377 g/mol. The van der Waals surface area contributed by atoms with Gasteiger partial charge in [-0.25, -0.2) is 4.98 Å². The number of fused-ring (bicyclic) bond motifs is 1. The molecule has 0 saturated carbocycles. The molecule has 3 saturated heterocycles. The lowest BCUT2D eigenvalue weighted by molar-refractivity contribution is -0.121. The summed E-state index contributed by atoms with van der Waals surface area (Å²) in [6.07, 6.45) is 4.26. The van der Waals surface area contributed by atoms with E-state index < -0.39 is 0 Å². The van der Waals surface area contributed by atoms with E-state index in [9.17, 15) is 4.79 Å². The smallest absolute Gasteiger partial charge is 0.220 e. The summed E-state index contributed by atoms with van der Waals surface area (Å²) >= 11 is 1.72. The first-order valence-corrected chi connectivity index (χ1v) is 10.9. The van der Waals surface area contributed by atoms with E-state index in [1.165, 1.54) is 12.1 Å². The van der Waals surface area contributed by atoms with E-state index in [0.717, 1.165) is 44.0 Å². The van der Waals surface area contributed by atoms with E-state index in [4.69, 9.17) is 4.74 Å². The molecule has 1 spiro atoms. The summed E-state index contributed by atoms with van der Waals surface area (Å²) < 4.78 is 6.49. The minimum absolute atomic E-state index is 0.0308. The topological polar surface area (TPSA) is 54.5 Å². The fraction of sp³-hybridized carbons (Fsp3) is 0.800. The minimum atomic E-state index is 0.0308. The molecule has 0 radical (unpaired) electrons. The Kier molecular flexibility index (Phi) is 5.10. The molecule has 2 bridgehead atoms. The highest BCUT2D eigenvalue weighted by Gasteiger charge is 2.62. The number of nitrogens with zero attached hydrogens (tertiary/aromatic N) is 2. The van der Waals surface area contributed by atoms with Crippen LogP contribution in [0.3, 0.4) is 0 Å². The number of ether oxygens (including phenoxy) is 1. The van der Waals surface area contributed by atoms with E-state index in [-0.39, 0.29) is 11.5 Å². The number of rotatable bonds is 7. The molecular weight excluding hydrogens is 346 g/mol. The third-order valence-corrected chi connectivity index (χ3v) is 7.21. The SMILES string of the molecule is Cc1nc(CN2C[C@@H]3[C@H](CNC(=O)CCC(C)C)[C@H]4CC[C@]3(C2)O4)cs1. The summed E-state index contributed by atoms with van der Waals surface area (Å²) in [4.78, 5) is 19.3. The Labute approximate surface area is 160 Å². The maximum atomic E-state index is 12.1. The van der Waals surface area contributed by atoms with Crippen molar-refractivity contribution in [2.75, 3.05) is 19.6 Å². The van der Waals surface area contributed by atoms with E-state index in [0.29, 0.717) is 30.3 Å². The molecule has 1 aromatic rings. The molecule has 4 rings (SSSR count). The third kappa shape index (κ3) is 3.56. The van der Waals surface area contributed by atoms with Gasteiger partial charge in [-0.15, -0.1) is 11.3 Å². The van der Waals surface area contributed by atoms with Gasteiger partial charge in [-0.3, -0.25) is 9.69 Å². The van der Waals surface area contributed by atoms with Crippen molar-refractivity contribution in [2.24, 2.45) is 17.8 Å². The number of likely N-dealkylation sites (tertiary alicyclic amines) is 1. The van der Waals surface area contributed by atoms with Crippen LogP contribution in [-0.4, -0.2) is 47.1 Å². The maximum Gasteiger partial charge on any atom is 0.220 e. The van der Waals surface area contributed by atoms with Crippen molar-refractivity contribution in [2.45, 2.75) is 64.7 Å². The Morgan fingerprint density at radius 3 is 3.12 bits per heavy atom. The largest absolute Gasteiger partial charge is 0.370 e. The number of carbonyl (C=O) groups excluding carboxylic acids is 1. The summed E-state index contributed by atoms with van der Waals surface area (Å²) in [7, 11) is 0. The lowest BCUT2D eigenvalue weighted by atomic mass is 9.73. The zero-order chi connectivity index (χ0) is 18.3. The van der Waals surface area contributed by atoms with Gasteiger partial charge in [0, 0.05) is 49.8 Å². The molecule has 0 aliphatic carbocycles. The summed E-state index contributed by atoms with van der Waals surface area (Å²) in [5, 5.41) is 6.50. The Morgan fingerprint density at radius 1 is 1.54 bits per heavy atom. The van der Waals surface area contributed by atoms with Gasteiger partial charge in [-0.1, -0.05) is 13.8 Å². The van der Waals surface area contributed by atoms with Crippen LogP contribution in [0.1, 0.15) is 50.2 Å². The highest BCUT2D eigenvalue weighted by molar-refractivity contribution is 7.09. The van der Waals surface area contributed by atoms with Crippen molar-refractivity contribution >= 4 is 17.2 Å². The van der Waals surface area contributed by atoms with Gasteiger partial charge in [0.2, 0.25) is 5.91 Å². The molecule has 3 aliphatic heterocycles. The first kappa shape index (κ1) is 18.4. The predicted molar refractivity (Wildman–Crippen MR) is 103 cm³/mol. The van der Waals surface area contributed by atoms with Crippen molar-refractivity contribution in [3.63, 3.8) is 0 Å². The van der Waals surface area contributed by atoms with Crippen LogP contribution in [0, 0.1) is 24.7 Å². The van der Waals surface area contributed by atoms with Crippen LogP contribution in [0.15, 0.2) is 5.38 Å². The van der Waals surface area contributed by atoms with Crippen molar-refractivity contribution in [1.29, 1.82) is 0 Å². The minimum Gasteiger partial charge on any atom is -0.370 e. The second-order valence-electron chi connectivity index (χ2n) is 8.79. The Bertz CT molecular complexity index is 661. The number of nitrogens with one attached hydrogen (secondary N) is 1. The van der Waals surface area contributed by atoms with Crippen LogP contribution in [0.5, 0.6) is 0 Å². The van der Waals surface area contributed by atoms with Gasteiger partial charge >= 0.3 is 0 Å². The highest BCUT2D eigenvalue weighted by atomic mass is 32.1. The van der Waals surface area contributed by atoms with E-state index in [1.807, 2.05) is 0 Å². The van der Waals surface area contributed by atoms with Crippen LogP contribution in [0.4, 0.5) is 0 Å². The summed E-state index contributed by atoms with van der Waals surface area (Å²) in [6, 6.07) is 0. The molecule has 4 atom stereocenters. The molecule has 26 heavy (non-hydrogen) atoms. The van der Waals surface area contributed by atoms with Crippen molar-refractivity contribution < 1.29 is 9.53 Å². The number of thiazole rings is 1. The predicted octanol–water partition coefficient (Wildman–Crippen LogP) is 2.98. The highest BCUT2D eigenvalue weighted by Crippen LogP contribution is 2.54. The molecule has 5 nitrogen and oxygen atoms in total. The summed E-state index contributed by atoms with van der Waals surface area (Å²) in [5.41, 5.74) is 1.21. The number of aromatic nitrogens is 1. The second-order valence-corrected chi connectivity index (χ2v) is 9.86. The van der Waals surface area contributed by atoms with Crippen molar-refractivity contribution in [3.8, 4) is 0 Å². The number of aryl methyl sites for hydroxylation is 1. The molecule has 4 heterocycles. The molecular formula is C20H31N3O2S. The van der Waals surface area contributed by atoms with Crippen LogP contribution in [-0.2, 0) is 16.1 Å². The van der Waals surface area contributed by atoms with Crippen LogP contribution < -0.4 is 5.32 Å². The normalized spacial score (nSPS) is 33.2. The second kappa shape index (κ2) is 7.21. The molecule has 1 amide bonds. The number of amides is 1. The molecule has 3 fully saturated rings. The van der Waals surface area contributed by atoms with E-state index >= 15 is 0 Å². The standard InChI is InChI=1S/C20H31N3O2S/c1-13(2)4-5-19(24)21-8-16-17-10-23(9-15-11-26-14(3)22-15)12-20(17)7-6-18(16)25-20/h11,13,16-18H,4-10,12H2,1-3H3,(H,21,24)/t16-,17+,18+,20+/m0/s1. The van der Waals surface area contributed by atoms with Gasteiger partial charge in [0.25, 0.3) is 0 Å². The number of hydrogen-bond acceptors (Lipinski definition) is 5. The quantitative estimate of drug-likeness (QED) is 0.794. The molecule has 0 aromatic carbocycles. The van der Waals surface area contributed by atoms with Crippen LogP contribution >= 0.6 is 11.3 Å². The van der Waals surface area contributed by atoms with Crippen LogP contribution in [0.25, 0.3) is 0 Å². The Hall–Kier alpha value is -0.980. The fourth-order valence-corrected chi connectivity index (χ4v) is 5.73. The molecule has 1 N–H and O–H groups in total. The summed E-state index contributed by atoms with van der Waals surface area (Å²) in [6.45, 7) is 10.2. The zero-order valence-corrected chi connectivity index (χ0v) is 17.0. The molecule has 0 unspecified atom stereocenters. The van der Waals surface area contributed by atoms with Crippen molar-refractivity contribution in [1.82, 2.24) is 15.2 Å².